The third-order valence-electron chi connectivity index (χ3n) is 5.01. The molecule has 2 aromatic carbocycles. The minimum Gasteiger partial charge on any atom is -0.324 e. The Labute approximate surface area is 185 Å². The summed E-state index contributed by atoms with van der Waals surface area (Å²) in [5.74, 6) is -0.199. The van der Waals surface area contributed by atoms with E-state index in [-0.39, 0.29) is 24.8 Å². The average molecular weight is 433 g/mol. The van der Waals surface area contributed by atoms with Crippen molar-refractivity contribution < 1.29 is 9.59 Å². The van der Waals surface area contributed by atoms with E-state index in [9.17, 15) is 9.59 Å². The number of rotatable bonds is 4. The van der Waals surface area contributed by atoms with Crippen LogP contribution in [0.3, 0.4) is 0 Å². The molecule has 2 amide bonds. The largest absolute Gasteiger partial charge is 0.324 e. The fraction of sp³-hybridized carbons (Fsp3) is 0.167. The minimum atomic E-state index is -0.303. The monoisotopic (exact) mass is 432 g/mol. The van der Waals surface area contributed by atoms with E-state index in [0.29, 0.717) is 22.2 Å². The number of amides is 2. The van der Waals surface area contributed by atoms with Crippen molar-refractivity contribution >= 4 is 46.3 Å². The average Bonchev–Trinajstić information content (AvgIpc) is 2.87. The number of carbonyl (C=O) groups is 2. The van der Waals surface area contributed by atoms with E-state index >= 15 is 0 Å². The van der Waals surface area contributed by atoms with Crippen molar-refractivity contribution in [3.8, 4) is 0 Å². The quantitative estimate of drug-likeness (QED) is 0.640. The molecule has 0 aliphatic carbocycles. The van der Waals surface area contributed by atoms with Crippen molar-refractivity contribution in [2.45, 2.75) is 20.3 Å². The Hall–Kier alpha value is -3.51. The molecule has 7 heteroatoms. The van der Waals surface area contributed by atoms with Gasteiger partial charge in [-0.15, -0.1) is 0 Å². The van der Waals surface area contributed by atoms with Crippen LogP contribution in [-0.2, 0) is 9.59 Å². The normalized spacial score (nSPS) is 13.3. The van der Waals surface area contributed by atoms with Gasteiger partial charge in [0.25, 0.3) is 0 Å². The number of aryl methyl sites for hydroxylation is 2. The van der Waals surface area contributed by atoms with Crippen LogP contribution in [0.4, 0.5) is 17.2 Å². The van der Waals surface area contributed by atoms with Crippen LogP contribution in [0.25, 0.3) is 0 Å². The Bertz CT molecular complexity index is 1210. The Morgan fingerprint density at radius 1 is 1.13 bits per heavy atom. The van der Waals surface area contributed by atoms with Crippen LogP contribution in [0.2, 0.25) is 5.02 Å². The maximum absolute atomic E-state index is 13.1. The predicted octanol–water partition coefficient (Wildman–Crippen LogP) is 4.85. The lowest BCUT2D eigenvalue weighted by Crippen LogP contribution is -2.39. The molecule has 1 aliphatic heterocycles. The summed E-state index contributed by atoms with van der Waals surface area (Å²) >= 11 is 6.12. The highest BCUT2D eigenvalue weighted by molar-refractivity contribution is 6.31. The lowest BCUT2D eigenvalue weighted by molar-refractivity contribution is -0.120. The molecule has 0 saturated carbocycles. The van der Waals surface area contributed by atoms with Gasteiger partial charge in [0.2, 0.25) is 11.8 Å². The zero-order valence-electron chi connectivity index (χ0n) is 17.2. The second-order valence-corrected chi connectivity index (χ2v) is 7.87. The van der Waals surface area contributed by atoms with Crippen molar-refractivity contribution in [2.75, 3.05) is 16.8 Å². The van der Waals surface area contributed by atoms with Crippen LogP contribution in [0, 0.1) is 13.8 Å². The SMILES string of the molecule is Cc1ccc(NC(=O)CN2C(=O)CC(c3cccc(Cl)c3)=Nc3cccnc32)c(C)c1. The van der Waals surface area contributed by atoms with E-state index < -0.39 is 0 Å². The van der Waals surface area contributed by atoms with Crippen molar-refractivity contribution in [2.24, 2.45) is 4.99 Å². The zero-order chi connectivity index (χ0) is 22.0. The molecule has 1 aromatic heterocycles. The number of anilines is 2. The van der Waals surface area contributed by atoms with Crippen molar-refractivity contribution in [3.05, 3.63) is 82.5 Å². The van der Waals surface area contributed by atoms with E-state index in [1.807, 2.05) is 44.2 Å². The molecule has 0 unspecified atom stereocenters. The van der Waals surface area contributed by atoms with Crippen molar-refractivity contribution in [1.29, 1.82) is 0 Å². The van der Waals surface area contributed by atoms with Crippen molar-refractivity contribution in [3.63, 3.8) is 0 Å². The number of benzene rings is 2. The molecular weight excluding hydrogens is 412 g/mol. The van der Waals surface area contributed by atoms with Gasteiger partial charge in [-0.25, -0.2) is 9.98 Å². The lowest BCUT2D eigenvalue weighted by Gasteiger charge is -2.21. The fourth-order valence-electron chi connectivity index (χ4n) is 3.51. The van der Waals surface area contributed by atoms with Gasteiger partial charge in [-0.3, -0.25) is 14.5 Å². The van der Waals surface area contributed by atoms with Crippen LogP contribution in [0.5, 0.6) is 0 Å². The van der Waals surface area contributed by atoms with Gasteiger partial charge in [-0.05, 0) is 55.3 Å². The first kappa shape index (κ1) is 20.8. The highest BCUT2D eigenvalue weighted by atomic mass is 35.5. The molecule has 3 aromatic rings. The number of hydrogen-bond acceptors (Lipinski definition) is 4. The third-order valence-corrected chi connectivity index (χ3v) is 5.25. The summed E-state index contributed by atoms with van der Waals surface area (Å²) in [7, 11) is 0. The summed E-state index contributed by atoms with van der Waals surface area (Å²) < 4.78 is 0. The summed E-state index contributed by atoms with van der Waals surface area (Å²) in [5, 5.41) is 3.45. The molecule has 0 spiro atoms. The minimum absolute atomic E-state index is 0.0353. The van der Waals surface area contributed by atoms with Crippen LogP contribution in [0.1, 0.15) is 23.1 Å². The first-order valence-corrected chi connectivity index (χ1v) is 10.2. The summed E-state index contributed by atoms with van der Waals surface area (Å²) in [4.78, 5) is 36.3. The number of aromatic nitrogens is 1. The number of carbonyl (C=O) groups excluding carboxylic acids is 2. The van der Waals surface area contributed by atoms with E-state index in [1.165, 1.54) is 4.90 Å². The Morgan fingerprint density at radius 3 is 2.74 bits per heavy atom. The first-order valence-electron chi connectivity index (χ1n) is 9.87. The second kappa shape index (κ2) is 8.70. The molecule has 4 rings (SSSR count). The first-order chi connectivity index (χ1) is 14.9. The number of hydrogen-bond donors (Lipinski definition) is 1. The molecule has 156 valence electrons. The number of halogens is 1. The maximum atomic E-state index is 13.1. The Balaban J connectivity index is 1.61. The van der Waals surface area contributed by atoms with Crippen LogP contribution >= 0.6 is 11.6 Å². The highest BCUT2D eigenvalue weighted by Crippen LogP contribution is 2.31. The number of nitrogens with zero attached hydrogens (tertiary/aromatic N) is 3. The van der Waals surface area contributed by atoms with Crippen LogP contribution in [-0.4, -0.2) is 29.1 Å². The topological polar surface area (TPSA) is 74.7 Å². The number of nitrogens with one attached hydrogen (secondary N) is 1. The molecule has 1 aliphatic rings. The molecule has 2 heterocycles. The summed E-state index contributed by atoms with van der Waals surface area (Å²) in [5.41, 5.74) is 4.66. The fourth-order valence-corrected chi connectivity index (χ4v) is 3.70. The summed E-state index contributed by atoms with van der Waals surface area (Å²) in [6.07, 6.45) is 1.62. The molecule has 6 nitrogen and oxygen atoms in total. The van der Waals surface area contributed by atoms with Gasteiger partial charge in [0.1, 0.15) is 12.2 Å². The third kappa shape index (κ3) is 4.64. The van der Waals surface area contributed by atoms with Gasteiger partial charge in [0.15, 0.2) is 5.82 Å². The van der Waals surface area contributed by atoms with Gasteiger partial charge in [0.05, 0.1) is 12.1 Å². The number of aliphatic imine (C=N–C) groups is 1. The zero-order valence-corrected chi connectivity index (χ0v) is 18.0. The Morgan fingerprint density at radius 2 is 1.97 bits per heavy atom. The Kier molecular flexibility index (Phi) is 5.82. The van der Waals surface area contributed by atoms with Crippen molar-refractivity contribution in [1.82, 2.24) is 4.98 Å². The van der Waals surface area contributed by atoms with Crippen LogP contribution in [0.15, 0.2) is 65.8 Å². The van der Waals surface area contributed by atoms with E-state index in [4.69, 9.17) is 11.6 Å². The molecule has 0 atom stereocenters. The molecule has 0 bridgehead atoms. The smallest absolute Gasteiger partial charge is 0.244 e. The van der Waals surface area contributed by atoms with Gasteiger partial charge >= 0.3 is 0 Å². The maximum Gasteiger partial charge on any atom is 0.244 e. The standard InChI is InChI=1S/C24H21ClN4O2/c1-15-8-9-19(16(2)11-15)28-22(30)14-29-23(31)13-21(17-5-3-6-18(25)12-17)27-20-7-4-10-26-24(20)29/h3-12H,13-14H2,1-2H3,(H,28,30). The molecule has 31 heavy (non-hydrogen) atoms. The van der Waals surface area contributed by atoms with Gasteiger partial charge in [0, 0.05) is 16.9 Å². The summed E-state index contributed by atoms with van der Waals surface area (Å²) in [6, 6.07) is 16.5. The molecule has 0 radical (unpaired) electrons. The summed E-state index contributed by atoms with van der Waals surface area (Å²) in [6.45, 7) is 3.77. The number of fused-ring (bicyclic) bond motifs is 1. The van der Waals surface area contributed by atoms with E-state index in [2.05, 4.69) is 15.3 Å². The van der Waals surface area contributed by atoms with Gasteiger partial charge in [-0.1, -0.05) is 41.4 Å². The van der Waals surface area contributed by atoms with E-state index in [1.54, 1.807) is 30.5 Å². The molecule has 1 N–H and O–H groups in total. The highest BCUT2D eigenvalue weighted by Gasteiger charge is 2.28. The predicted molar refractivity (Wildman–Crippen MR) is 123 cm³/mol. The lowest BCUT2D eigenvalue weighted by atomic mass is 10.1. The molecule has 0 fully saturated rings. The molecule has 0 saturated heterocycles. The number of pyridine rings is 1. The van der Waals surface area contributed by atoms with Crippen LogP contribution < -0.4 is 10.2 Å². The second-order valence-electron chi connectivity index (χ2n) is 7.44. The van der Waals surface area contributed by atoms with Gasteiger partial charge in [-0.2, -0.15) is 0 Å². The molecular formula is C24H21ClN4O2. The van der Waals surface area contributed by atoms with Gasteiger partial charge < -0.3 is 5.32 Å². The van der Waals surface area contributed by atoms with E-state index in [0.717, 1.165) is 22.4 Å².